The van der Waals surface area contributed by atoms with Gasteiger partial charge in [-0.15, -0.1) is 0 Å². The number of unbranched alkanes of at least 4 members (excludes halogenated alkanes) is 3. The SMILES string of the molecule is CCCCCC(C=CC1CCC(C)(O)C1CC=CCCCC(=O)O)OC(C)=O. The molecular formula is C23H38O5. The minimum atomic E-state index is -0.765. The maximum absolute atomic E-state index is 11.4. The Hall–Kier alpha value is -1.62. The van der Waals surface area contributed by atoms with Crippen molar-refractivity contribution in [2.45, 2.75) is 96.7 Å². The Bertz CT molecular complexity index is 535. The second-order valence-corrected chi connectivity index (χ2v) is 8.19. The summed E-state index contributed by atoms with van der Waals surface area (Å²) in [5.74, 6) is -0.653. The zero-order valence-corrected chi connectivity index (χ0v) is 17.7. The van der Waals surface area contributed by atoms with E-state index in [2.05, 4.69) is 19.1 Å². The molecular weight excluding hydrogens is 356 g/mol. The topological polar surface area (TPSA) is 83.8 Å². The summed E-state index contributed by atoms with van der Waals surface area (Å²) in [4.78, 5) is 21.9. The van der Waals surface area contributed by atoms with Crippen molar-refractivity contribution in [3.8, 4) is 0 Å². The Labute approximate surface area is 169 Å². The maximum Gasteiger partial charge on any atom is 0.303 e. The lowest BCUT2D eigenvalue weighted by atomic mass is 9.83. The molecule has 5 nitrogen and oxygen atoms in total. The summed E-state index contributed by atoms with van der Waals surface area (Å²) in [6.07, 6.45) is 16.2. The lowest BCUT2D eigenvalue weighted by Gasteiger charge is -2.27. The van der Waals surface area contributed by atoms with Gasteiger partial charge in [-0.05, 0) is 69.8 Å². The largest absolute Gasteiger partial charge is 0.481 e. The number of aliphatic carboxylic acids is 1. The molecule has 4 unspecified atom stereocenters. The smallest absolute Gasteiger partial charge is 0.303 e. The summed E-state index contributed by atoms with van der Waals surface area (Å²) < 4.78 is 5.44. The fourth-order valence-corrected chi connectivity index (χ4v) is 3.97. The minimum absolute atomic E-state index is 0.119. The van der Waals surface area contributed by atoms with Crippen molar-refractivity contribution in [2.24, 2.45) is 11.8 Å². The van der Waals surface area contributed by atoms with Gasteiger partial charge in [0.2, 0.25) is 0 Å². The molecule has 2 N–H and O–H groups in total. The van der Waals surface area contributed by atoms with E-state index in [9.17, 15) is 14.7 Å². The lowest BCUT2D eigenvalue weighted by Crippen LogP contribution is -2.31. The van der Waals surface area contributed by atoms with Crippen LogP contribution in [0.15, 0.2) is 24.3 Å². The molecule has 0 aromatic carbocycles. The van der Waals surface area contributed by atoms with Gasteiger partial charge >= 0.3 is 11.9 Å². The van der Waals surface area contributed by atoms with Crippen molar-refractivity contribution in [1.29, 1.82) is 0 Å². The van der Waals surface area contributed by atoms with Crippen LogP contribution in [0.2, 0.25) is 0 Å². The number of carboxylic acid groups (broad SMARTS) is 1. The van der Waals surface area contributed by atoms with Gasteiger partial charge in [0, 0.05) is 13.3 Å². The van der Waals surface area contributed by atoms with Crippen LogP contribution in [0, 0.1) is 11.8 Å². The summed E-state index contributed by atoms with van der Waals surface area (Å²) in [5, 5.41) is 19.4. The molecule has 1 aliphatic carbocycles. The molecule has 28 heavy (non-hydrogen) atoms. The van der Waals surface area contributed by atoms with E-state index in [0.717, 1.165) is 51.4 Å². The molecule has 0 heterocycles. The molecule has 0 amide bonds. The molecule has 1 aliphatic rings. The molecule has 0 saturated heterocycles. The summed E-state index contributed by atoms with van der Waals surface area (Å²) >= 11 is 0. The number of rotatable bonds is 13. The molecule has 0 aliphatic heterocycles. The lowest BCUT2D eigenvalue weighted by molar-refractivity contribution is -0.144. The first-order chi connectivity index (χ1) is 13.3. The number of hydrogen-bond acceptors (Lipinski definition) is 4. The van der Waals surface area contributed by atoms with Crippen LogP contribution < -0.4 is 0 Å². The van der Waals surface area contributed by atoms with Gasteiger partial charge in [0.05, 0.1) is 5.60 Å². The van der Waals surface area contributed by atoms with E-state index >= 15 is 0 Å². The van der Waals surface area contributed by atoms with Gasteiger partial charge in [-0.25, -0.2) is 0 Å². The molecule has 4 atom stereocenters. The van der Waals surface area contributed by atoms with E-state index in [-0.39, 0.29) is 30.3 Å². The molecule has 1 rings (SSSR count). The first kappa shape index (κ1) is 24.4. The van der Waals surface area contributed by atoms with Crippen molar-refractivity contribution in [3.05, 3.63) is 24.3 Å². The number of carboxylic acids is 1. The number of carbonyl (C=O) groups is 2. The van der Waals surface area contributed by atoms with Gasteiger partial charge in [-0.3, -0.25) is 9.59 Å². The van der Waals surface area contributed by atoms with E-state index in [0.29, 0.717) is 6.42 Å². The van der Waals surface area contributed by atoms with Gasteiger partial charge in [-0.2, -0.15) is 0 Å². The highest BCUT2D eigenvalue weighted by Gasteiger charge is 2.41. The number of hydrogen-bond donors (Lipinski definition) is 2. The van der Waals surface area contributed by atoms with Crippen LogP contribution in [0.1, 0.15) is 85.0 Å². The van der Waals surface area contributed by atoms with Gasteiger partial charge in [-0.1, -0.05) is 38.0 Å². The van der Waals surface area contributed by atoms with E-state index in [4.69, 9.17) is 9.84 Å². The zero-order chi connectivity index (χ0) is 21.0. The van der Waals surface area contributed by atoms with Gasteiger partial charge in [0.15, 0.2) is 0 Å². The van der Waals surface area contributed by atoms with E-state index < -0.39 is 11.6 Å². The van der Waals surface area contributed by atoms with Gasteiger partial charge in [0.25, 0.3) is 0 Å². The van der Waals surface area contributed by atoms with Gasteiger partial charge < -0.3 is 14.9 Å². The third-order valence-corrected chi connectivity index (χ3v) is 5.60. The maximum atomic E-state index is 11.4. The average Bonchev–Trinajstić information content (AvgIpc) is 2.89. The van der Waals surface area contributed by atoms with E-state index in [1.807, 2.05) is 19.1 Å². The quantitative estimate of drug-likeness (QED) is 0.260. The molecule has 0 aromatic rings. The normalized spacial score (nSPS) is 26.1. The Kier molecular flexibility index (Phi) is 11.1. The summed E-state index contributed by atoms with van der Waals surface area (Å²) in [7, 11) is 0. The number of ether oxygens (including phenoxy) is 1. The standard InChI is InChI=1S/C23H38O5/c1-4-5-8-11-20(28-18(2)24)15-14-19-16-17-23(3,27)21(19)12-9-6-7-10-13-22(25)26/h6,9,14-15,19-21,27H,4-5,7-8,10-13,16-17H2,1-3H3,(H,25,26). The Morgan fingerprint density at radius 1 is 1.25 bits per heavy atom. The third-order valence-electron chi connectivity index (χ3n) is 5.60. The molecule has 0 aromatic heterocycles. The number of carbonyl (C=O) groups excluding carboxylic acids is 1. The average molecular weight is 395 g/mol. The van der Waals surface area contributed by atoms with Crippen molar-refractivity contribution in [3.63, 3.8) is 0 Å². The minimum Gasteiger partial charge on any atom is -0.481 e. The predicted molar refractivity (Wildman–Crippen MR) is 111 cm³/mol. The van der Waals surface area contributed by atoms with Crippen molar-refractivity contribution in [1.82, 2.24) is 0 Å². The van der Waals surface area contributed by atoms with Crippen molar-refractivity contribution >= 4 is 11.9 Å². The Balaban J connectivity index is 2.63. The number of esters is 1. The highest BCUT2D eigenvalue weighted by atomic mass is 16.5. The summed E-state index contributed by atoms with van der Waals surface area (Å²) in [5.41, 5.74) is -0.709. The molecule has 5 heteroatoms. The number of allylic oxidation sites excluding steroid dienone is 3. The summed E-state index contributed by atoms with van der Waals surface area (Å²) in [6.45, 7) is 5.49. The van der Waals surface area contributed by atoms with Gasteiger partial charge in [0.1, 0.15) is 6.10 Å². The monoisotopic (exact) mass is 394 g/mol. The third kappa shape index (κ3) is 9.54. The molecule has 1 saturated carbocycles. The molecule has 1 fully saturated rings. The Morgan fingerprint density at radius 3 is 2.64 bits per heavy atom. The fourth-order valence-electron chi connectivity index (χ4n) is 3.97. The predicted octanol–water partition coefficient (Wildman–Crippen LogP) is 5.03. The summed E-state index contributed by atoms with van der Waals surface area (Å²) in [6, 6.07) is 0. The highest BCUT2D eigenvalue weighted by molar-refractivity contribution is 5.66. The van der Waals surface area contributed by atoms with Crippen LogP contribution in [0.5, 0.6) is 0 Å². The molecule has 160 valence electrons. The van der Waals surface area contributed by atoms with Crippen LogP contribution in [0.25, 0.3) is 0 Å². The van der Waals surface area contributed by atoms with Crippen LogP contribution in [0.3, 0.4) is 0 Å². The van der Waals surface area contributed by atoms with Crippen LogP contribution in [-0.2, 0) is 14.3 Å². The van der Waals surface area contributed by atoms with E-state index in [1.54, 1.807) is 0 Å². The van der Waals surface area contributed by atoms with Crippen LogP contribution >= 0.6 is 0 Å². The molecule has 0 spiro atoms. The van der Waals surface area contributed by atoms with Crippen molar-refractivity contribution in [2.75, 3.05) is 0 Å². The van der Waals surface area contributed by atoms with Crippen LogP contribution in [-0.4, -0.2) is 33.9 Å². The number of aliphatic hydroxyl groups is 1. The van der Waals surface area contributed by atoms with Crippen molar-refractivity contribution < 1.29 is 24.5 Å². The fraction of sp³-hybridized carbons (Fsp3) is 0.739. The highest BCUT2D eigenvalue weighted by Crippen LogP contribution is 2.43. The molecule has 0 radical (unpaired) electrons. The second kappa shape index (κ2) is 12.8. The zero-order valence-electron chi connectivity index (χ0n) is 17.7. The first-order valence-corrected chi connectivity index (χ1v) is 10.7. The van der Waals surface area contributed by atoms with E-state index in [1.165, 1.54) is 6.92 Å². The second-order valence-electron chi connectivity index (χ2n) is 8.19. The Morgan fingerprint density at radius 2 is 2.00 bits per heavy atom. The van der Waals surface area contributed by atoms with Crippen LogP contribution in [0.4, 0.5) is 0 Å². The molecule has 0 bridgehead atoms. The first-order valence-electron chi connectivity index (χ1n) is 10.7.